The van der Waals surface area contributed by atoms with Crippen molar-refractivity contribution in [1.82, 2.24) is 10.2 Å². The second-order valence-corrected chi connectivity index (χ2v) is 3.96. The van der Waals surface area contributed by atoms with E-state index >= 15 is 0 Å². The van der Waals surface area contributed by atoms with Gasteiger partial charge in [-0.2, -0.15) is 0 Å². The fraction of sp³-hybridized carbons (Fsp3) is 0.909. The smallest absolute Gasteiger partial charge is 0.322 e. The van der Waals surface area contributed by atoms with Gasteiger partial charge in [0.25, 0.3) is 0 Å². The van der Waals surface area contributed by atoms with Crippen LogP contribution in [-0.2, 0) is 4.79 Å². The maximum Gasteiger partial charge on any atom is 0.322 e. The molecule has 4 heteroatoms. The van der Waals surface area contributed by atoms with Crippen molar-refractivity contribution in [3.05, 3.63) is 0 Å². The maximum atomic E-state index is 10.9. The van der Waals surface area contributed by atoms with Crippen molar-refractivity contribution >= 4 is 5.97 Å². The molecule has 4 nitrogen and oxygen atoms in total. The summed E-state index contributed by atoms with van der Waals surface area (Å²) in [5.74, 6) is -0.758. The van der Waals surface area contributed by atoms with Crippen molar-refractivity contribution in [1.29, 1.82) is 0 Å². The highest BCUT2D eigenvalue weighted by Gasteiger charge is 2.17. The molecule has 0 saturated carbocycles. The monoisotopic (exact) mass is 216 g/mol. The second kappa shape index (κ2) is 8.68. The van der Waals surface area contributed by atoms with Crippen molar-refractivity contribution in [3.8, 4) is 0 Å². The molecule has 0 aliphatic rings. The van der Waals surface area contributed by atoms with Crippen LogP contribution in [0.25, 0.3) is 0 Å². The Morgan fingerprint density at radius 2 is 2.07 bits per heavy atom. The van der Waals surface area contributed by atoms with E-state index in [1.165, 1.54) is 0 Å². The molecule has 90 valence electrons. The first-order valence-corrected chi connectivity index (χ1v) is 5.76. The zero-order chi connectivity index (χ0) is 11.7. The Kier molecular flexibility index (Phi) is 8.33. The summed E-state index contributed by atoms with van der Waals surface area (Å²) in [5, 5.41) is 12.0. The van der Waals surface area contributed by atoms with Gasteiger partial charge in [0.2, 0.25) is 0 Å². The van der Waals surface area contributed by atoms with Gasteiger partial charge in [0.15, 0.2) is 0 Å². The molecule has 0 spiro atoms. The minimum absolute atomic E-state index is 0.438. The van der Waals surface area contributed by atoms with Gasteiger partial charge in [-0.1, -0.05) is 20.3 Å². The summed E-state index contributed by atoms with van der Waals surface area (Å²) < 4.78 is 0. The molecule has 0 aromatic heterocycles. The molecule has 0 bridgehead atoms. The highest BCUT2D eigenvalue weighted by Crippen LogP contribution is 1.95. The van der Waals surface area contributed by atoms with Gasteiger partial charge < -0.3 is 15.3 Å². The average molecular weight is 216 g/mol. The lowest BCUT2D eigenvalue weighted by Gasteiger charge is -2.21. The summed E-state index contributed by atoms with van der Waals surface area (Å²) in [6.45, 7) is 6.48. The number of nitrogens with zero attached hydrogens (tertiary/aromatic N) is 1. The number of likely N-dealkylation sites (N-methyl/N-ethyl adjacent to an activating group) is 1. The molecule has 1 unspecified atom stereocenters. The predicted octanol–water partition coefficient (Wildman–Crippen LogP) is 1.17. The maximum absolute atomic E-state index is 10.9. The molecule has 15 heavy (non-hydrogen) atoms. The predicted molar refractivity (Wildman–Crippen MR) is 62.1 cm³/mol. The van der Waals surface area contributed by atoms with Gasteiger partial charge in [-0.3, -0.25) is 4.79 Å². The third-order valence-electron chi connectivity index (χ3n) is 2.33. The molecule has 2 N–H and O–H groups in total. The number of aliphatic carboxylic acids is 1. The minimum Gasteiger partial charge on any atom is -0.480 e. The Morgan fingerprint density at radius 3 is 2.53 bits per heavy atom. The number of nitrogens with one attached hydrogen (secondary N) is 1. The van der Waals surface area contributed by atoms with E-state index in [0.29, 0.717) is 6.54 Å². The van der Waals surface area contributed by atoms with Gasteiger partial charge in [0.1, 0.15) is 6.04 Å². The van der Waals surface area contributed by atoms with Gasteiger partial charge in [-0.25, -0.2) is 0 Å². The molecule has 0 rings (SSSR count). The molecular formula is C11H24N2O2. The molecule has 0 aliphatic heterocycles. The standard InChI is InChI=1S/C11H24N2O2/c1-4-6-8-13(3)9-10(11(14)15)12-7-5-2/h10,12H,4-9H2,1-3H3,(H,14,15). The summed E-state index contributed by atoms with van der Waals surface area (Å²) in [6.07, 6.45) is 3.23. The third-order valence-corrected chi connectivity index (χ3v) is 2.33. The third kappa shape index (κ3) is 7.33. The molecule has 0 heterocycles. The molecule has 0 radical (unpaired) electrons. The molecule has 1 atom stereocenters. The zero-order valence-electron chi connectivity index (χ0n) is 10.1. The van der Waals surface area contributed by atoms with Crippen molar-refractivity contribution in [2.24, 2.45) is 0 Å². The van der Waals surface area contributed by atoms with Gasteiger partial charge in [0.05, 0.1) is 0 Å². The summed E-state index contributed by atoms with van der Waals surface area (Å²) in [4.78, 5) is 13.0. The van der Waals surface area contributed by atoms with E-state index < -0.39 is 12.0 Å². The van der Waals surface area contributed by atoms with Crippen molar-refractivity contribution in [3.63, 3.8) is 0 Å². The van der Waals surface area contributed by atoms with Crippen LogP contribution < -0.4 is 5.32 Å². The Labute approximate surface area is 92.7 Å². The van der Waals surface area contributed by atoms with Crippen LogP contribution in [0.3, 0.4) is 0 Å². The Bertz CT molecular complexity index is 174. The lowest BCUT2D eigenvalue weighted by atomic mass is 10.2. The quantitative estimate of drug-likeness (QED) is 0.607. The number of hydrogen-bond acceptors (Lipinski definition) is 3. The Morgan fingerprint density at radius 1 is 1.40 bits per heavy atom. The highest BCUT2D eigenvalue weighted by molar-refractivity contribution is 5.73. The SMILES string of the molecule is CCCCN(C)CC(NCCC)C(=O)O. The van der Waals surface area contributed by atoms with Gasteiger partial charge in [0, 0.05) is 6.54 Å². The van der Waals surface area contributed by atoms with E-state index in [2.05, 4.69) is 17.1 Å². The topological polar surface area (TPSA) is 52.6 Å². The van der Waals surface area contributed by atoms with Crippen LogP contribution in [-0.4, -0.2) is 48.7 Å². The Balaban J connectivity index is 3.87. The number of carboxylic acids is 1. The summed E-state index contributed by atoms with van der Waals surface area (Å²) in [7, 11) is 1.97. The molecule has 0 aromatic rings. The van der Waals surface area contributed by atoms with E-state index in [0.717, 1.165) is 32.4 Å². The van der Waals surface area contributed by atoms with Gasteiger partial charge in [-0.05, 0) is 33.0 Å². The van der Waals surface area contributed by atoms with E-state index in [-0.39, 0.29) is 0 Å². The number of unbranched alkanes of at least 4 members (excludes halogenated alkanes) is 1. The molecule has 0 aliphatic carbocycles. The first-order valence-electron chi connectivity index (χ1n) is 5.76. The number of carboxylic acid groups (broad SMARTS) is 1. The fourth-order valence-corrected chi connectivity index (χ4v) is 1.38. The van der Waals surface area contributed by atoms with Crippen LogP contribution in [0.5, 0.6) is 0 Å². The minimum atomic E-state index is -0.758. The molecular weight excluding hydrogens is 192 g/mol. The van der Waals surface area contributed by atoms with Gasteiger partial charge >= 0.3 is 5.97 Å². The van der Waals surface area contributed by atoms with Crippen LogP contribution in [0.4, 0.5) is 0 Å². The van der Waals surface area contributed by atoms with Gasteiger partial charge in [-0.15, -0.1) is 0 Å². The van der Waals surface area contributed by atoms with Crippen LogP contribution in [0.1, 0.15) is 33.1 Å². The van der Waals surface area contributed by atoms with Crippen LogP contribution in [0, 0.1) is 0 Å². The zero-order valence-corrected chi connectivity index (χ0v) is 10.1. The normalized spacial score (nSPS) is 13.1. The largest absolute Gasteiger partial charge is 0.480 e. The molecule has 0 saturated heterocycles. The fourth-order valence-electron chi connectivity index (χ4n) is 1.38. The number of carbonyl (C=O) groups is 1. The summed E-state index contributed by atoms with van der Waals surface area (Å²) >= 11 is 0. The van der Waals surface area contributed by atoms with E-state index in [9.17, 15) is 4.79 Å². The first kappa shape index (κ1) is 14.4. The second-order valence-electron chi connectivity index (χ2n) is 3.96. The average Bonchev–Trinajstić information content (AvgIpc) is 2.20. The van der Waals surface area contributed by atoms with Crippen LogP contribution in [0.15, 0.2) is 0 Å². The summed E-state index contributed by atoms with van der Waals surface area (Å²) in [5.41, 5.74) is 0. The van der Waals surface area contributed by atoms with Crippen molar-refractivity contribution < 1.29 is 9.90 Å². The number of hydrogen-bond donors (Lipinski definition) is 2. The lowest BCUT2D eigenvalue weighted by molar-refractivity contribution is -0.139. The lowest BCUT2D eigenvalue weighted by Crippen LogP contribution is -2.45. The first-order chi connectivity index (χ1) is 7.11. The van der Waals surface area contributed by atoms with E-state index in [4.69, 9.17) is 5.11 Å². The molecule has 0 aromatic carbocycles. The van der Waals surface area contributed by atoms with E-state index in [1.807, 2.05) is 14.0 Å². The van der Waals surface area contributed by atoms with Crippen LogP contribution in [0.2, 0.25) is 0 Å². The van der Waals surface area contributed by atoms with Crippen LogP contribution >= 0.6 is 0 Å². The van der Waals surface area contributed by atoms with Crippen molar-refractivity contribution in [2.75, 3.05) is 26.7 Å². The number of rotatable bonds is 9. The van der Waals surface area contributed by atoms with E-state index in [1.54, 1.807) is 0 Å². The Hall–Kier alpha value is -0.610. The summed E-state index contributed by atoms with van der Waals surface area (Å²) in [6, 6.07) is -0.438. The van der Waals surface area contributed by atoms with Crippen molar-refractivity contribution in [2.45, 2.75) is 39.2 Å². The highest BCUT2D eigenvalue weighted by atomic mass is 16.4. The molecule has 0 fully saturated rings. The molecule has 0 amide bonds.